The lowest BCUT2D eigenvalue weighted by molar-refractivity contribution is -0.114. The molecule has 1 aromatic rings. The fourth-order valence-corrected chi connectivity index (χ4v) is 1.98. The molecule has 0 heterocycles. The molecule has 0 radical (unpaired) electrons. The van der Waals surface area contributed by atoms with Crippen LogP contribution in [0.4, 0.5) is 0 Å². The molecule has 0 unspecified atom stereocenters. The molecule has 1 aliphatic rings. The van der Waals surface area contributed by atoms with Crippen molar-refractivity contribution in [2.45, 2.75) is 27.2 Å². The molecule has 0 atom stereocenters. The van der Waals surface area contributed by atoms with Gasteiger partial charge in [-0.05, 0) is 35.6 Å². The second-order valence-corrected chi connectivity index (χ2v) is 4.94. The van der Waals surface area contributed by atoms with E-state index in [0.717, 1.165) is 11.1 Å². The van der Waals surface area contributed by atoms with Gasteiger partial charge in [0.2, 0.25) is 0 Å². The lowest BCUT2D eigenvalue weighted by Crippen LogP contribution is -2.08. The number of rotatable bonds is 2. The van der Waals surface area contributed by atoms with E-state index in [9.17, 15) is 4.79 Å². The first-order chi connectivity index (χ1) is 8.08. The van der Waals surface area contributed by atoms with Crippen LogP contribution in [0.5, 0.6) is 0 Å². The molecule has 0 saturated carbocycles. The third-order valence-electron chi connectivity index (χ3n) is 3.30. The second-order valence-electron chi connectivity index (χ2n) is 4.94. The number of carbonyl (C=O) groups is 1. The highest BCUT2D eigenvalue weighted by molar-refractivity contribution is 6.04. The zero-order valence-corrected chi connectivity index (χ0v) is 10.7. The molecule has 0 bridgehead atoms. The van der Waals surface area contributed by atoms with E-state index in [2.05, 4.69) is 32.9 Å². The molecule has 0 N–H and O–H groups in total. The molecule has 0 aromatic heterocycles. The molecule has 1 heteroatoms. The second kappa shape index (κ2) is 4.70. The zero-order chi connectivity index (χ0) is 12.4. The monoisotopic (exact) mass is 226 g/mol. The smallest absolute Gasteiger partial charge is 0.160 e. The van der Waals surface area contributed by atoms with E-state index < -0.39 is 0 Å². The van der Waals surface area contributed by atoms with Crippen molar-refractivity contribution in [3.05, 3.63) is 53.1 Å². The Morgan fingerprint density at radius 2 is 2.00 bits per heavy atom. The first-order valence-corrected chi connectivity index (χ1v) is 6.09. The van der Waals surface area contributed by atoms with E-state index in [-0.39, 0.29) is 5.78 Å². The lowest BCUT2D eigenvalue weighted by atomic mass is 9.88. The largest absolute Gasteiger partial charge is 0.294 e. The Hall–Kier alpha value is -1.63. The molecule has 0 amide bonds. The number of benzene rings is 1. The van der Waals surface area contributed by atoms with Crippen LogP contribution in [0.1, 0.15) is 31.9 Å². The first-order valence-electron chi connectivity index (χ1n) is 6.09. The topological polar surface area (TPSA) is 17.1 Å². The Morgan fingerprint density at radius 3 is 2.71 bits per heavy atom. The average molecular weight is 226 g/mol. The number of hydrogen-bond donors (Lipinski definition) is 0. The van der Waals surface area contributed by atoms with Crippen molar-refractivity contribution >= 4 is 11.4 Å². The van der Waals surface area contributed by atoms with E-state index in [1.807, 2.05) is 18.2 Å². The van der Waals surface area contributed by atoms with Crippen LogP contribution >= 0.6 is 0 Å². The minimum absolute atomic E-state index is 0.200. The van der Waals surface area contributed by atoms with E-state index in [0.29, 0.717) is 12.3 Å². The average Bonchev–Trinajstić information content (AvgIpc) is 2.28. The summed E-state index contributed by atoms with van der Waals surface area (Å²) in [6.07, 6.45) is 4.45. The van der Waals surface area contributed by atoms with Gasteiger partial charge in [0.15, 0.2) is 5.78 Å². The fraction of sp³-hybridized carbons (Fsp3) is 0.312. The Labute approximate surface area is 103 Å². The van der Waals surface area contributed by atoms with Gasteiger partial charge in [0.1, 0.15) is 0 Å². The van der Waals surface area contributed by atoms with Crippen LogP contribution in [0, 0.1) is 5.92 Å². The van der Waals surface area contributed by atoms with E-state index in [1.165, 1.54) is 11.1 Å². The van der Waals surface area contributed by atoms with Crippen LogP contribution in [0.25, 0.3) is 5.57 Å². The van der Waals surface area contributed by atoms with Gasteiger partial charge in [0.25, 0.3) is 0 Å². The predicted molar refractivity (Wildman–Crippen MR) is 71.7 cm³/mol. The fourth-order valence-electron chi connectivity index (χ4n) is 1.98. The summed E-state index contributed by atoms with van der Waals surface area (Å²) >= 11 is 0. The summed E-state index contributed by atoms with van der Waals surface area (Å²) in [5, 5.41) is 0. The summed E-state index contributed by atoms with van der Waals surface area (Å²) in [4.78, 5) is 11.7. The van der Waals surface area contributed by atoms with Gasteiger partial charge in [-0.15, -0.1) is 0 Å². The van der Waals surface area contributed by atoms with Crippen LogP contribution in [0.2, 0.25) is 0 Å². The van der Waals surface area contributed by atoms with Crippen LogP contribution in [0.15, 0.2) is 42.0 Å². The summed E-state index contributed by atoms with van der Waals surface area (Å²) in [6, 6.07) is 8.16. The molecule has 0 spiro atoms. The zero-order valence-electron chi connectivity index (χ0n) is 10.7. The molecule has 0 saturated heterocycles. The van der Waals surface area contributed by atoms with Crippen LogP contribution < -0.4 is 0 Å². The van der Waals surface area contributed by atoms with Gasteiger partial charge in [0, 0.05) is 6.42 Å². The molecule has 1 aliphatic carbocycles. The summed E-state index contributed by atoms with van der Waals surface area (Å²) in [5.74, 6) is 0.714. The van der Waals surface area contributed by atoms with Gasteiger partial charge in [-0.25, -0.2) is 0 Å². The summed E-state index contributed by atoms with van der Waals surface area (Å²) < 4.78 is 0. The number of hydrogen-bond acceptors (Lipinski definition) is 1. The number of ketones is 1. The maximum absolute atomic E-state index is 11.7. The molecule has 88 valence electrons. The van der Waals surface area contributed by atoms with Crippen molar-refractivity contribution in [3.63, 3.8) is 0 Å². The Kier molecular flexibility index (Phi) is 3.28. The van der Waals surface area contributed by atoms with Crippen molar-refractivity contribution in [1.82, 2.24) is 0 Å². The highest BCUT2D eigenvalue weighted by Gasteiger charge is 2.15. The maximum Gasteiger partial charge on any atom is 0.160 e. The van der Waals surface area contributed by atoms with Gasteiger partial charge in [-0.3, -0.25) is 4.79 Å². The van der Waals surface area contributed by atoms with Gasteiger partial charge >= 0.3 is 0 Å². The molecule has 1 nitrogen and oxygen atoms in total. The Bertz CT molecular complexity index is 504. The predicted octanol–water partition coefficient (Wildman–Crippen LogP) is 3.80. The van der Waals surface area contributed by atoms with Crippen LogP contribution in [-0.4, -0.2) is 5.78 Å². The van der Waals surface area contributed by atoms with E-state index in [1.54, 1.807) is 6.08 Å². The summed E-state index contributed by atoms with van der Waals surface area (Å²) in [7, 11) is 0. The van der Waals surface area contributed by atoms with Gasteiger partial charge in [0.05, 0.1) is 0 Å². The molecule has 1 aromatic carbocycles. The molecule has 2 rings (SSSR count). The number of carbonyl (C=O) groups excluding carboxylic acids is 1. The third-order valence-corrected chi connectivity index (χ3v) is 3.30. The SMILES string of the molecule is CC(=CC1=CC(=O)Cc2ccccc21)C(C)C. The normalized spacial score (nSPS) is 15.9. The standard InChI is InChI=1S/C16H18O/c1-11(2)12(3)8-14-10-15(17)9-13-6-4-5-7-16(13)14/h4-8,10-11H,9H2,1-3H3. The minimum Gasteiger partial charge on any atom is -0.294 e. The molecular weight excluding hydrogens is 208 g/mol. The number of allylic oxidation sites excluding steroid dienone is 4. The van der Waals surface area contributed by atoms with Gasteiger partial charge < -0.3 is 0 Å². The van der Waals surface area contributed by atoms with Gasteiger partial charge in [-0.1, -0.05) is 49.8 Å². The van der Waals surface area contributed by atoms with Crippen LogP contribution in [0.3, 0.4) is 0 Å². The summed E-state index contributed by atoms with van der Waals surface area (Å²) in [6.45, 7) is 6.46. The maximum atomic E-state index is 11.7. The lowest BCUT2D eigenvalue weighted by Gasteiger charge is -2.16. The van der Waals surface area contributed by atoms with Crippen LogP contribution in [-0.2, 0) is 11.2 Å². The van der Waals surface area contributed by atoms with Crippen molar-refractivity contribution < 1.29 is 4.79 Å². The molecule has 0 fully saturated rings. The first kappa shape index (κ1) is 11.8. The highest BCUT2D eigenvalue weighted by Crippen LogP contribution is 2.27. The Morgan fingerprint density at radius 1 is 1.29 bits per heavy atom. The molecular formula is C16H18O. The Balaban J connectivity index is 2.46. The van der Waals surface area contributed by atoms with Gasteiger partial charge in [-0.2, -0.15) is 0 Å². The van der Waals surface area contributed by atoms with Crippen molar-refractivity contribution in [3.8, 4) is 0 Å². The van der Waals surface area contributed by atoms with Crippen molar-refractivity contribution in [2.24, 2.45) is 5.92 Å². The highest BCUT2D eigenvalue weighted by atomic mass is 16.1. The van der Waals surface area contributed by atoms with E-state index >= 15 is 0 Å². The van der Waals surface area contributed by atoms with Crippen molar-refractivity contribution in [1.29, 1.82) is 0 Å². The number of fused-ring (bicyclic) bond motifs is 1. The third kappa shape index (κ3) is 2.55. The summed E-state index contributed by atoms with van der Waals surface area (Å²) in [5.41, 5.74) is 4.71. The van der Waals surface area contributed by atoms with E-state index in [4.69, 9.17) is 0 Å². The molecule has 17 heavy (non-hydrogen) atoms. The quantitative estimate of drug-likeness (QED) is 0.749. The van der Waals surface area contributed by atoms with Crippen molar-refractivity contribution in [2.75, 3.05) is 0 Å². The minimum atomic E-state index is 0.200. The molecule has 0 aliphatic heterocycles.